The molecule has 0 N–H and O–H groups in total. The summed E-state index contributed by atoms with van der Waals surface area (Å²) < 4.78 is 2.10. The van der Waals surface area contributed by atoms with E-state index in [1.54, 1.807) is 0 Å². The van der Waals surface area contributed by atoms with E-state index < -0.39 is 0 Å². The lowest BCUT2D eigenvalue weighted by atomic mass is 10.1. The van der Waals surface area contributed by atoms with E-state index in [-0.39, 0.29) is 0 Å². The summed E-state index contributed by atoms with van der Waals surface area (Å²) in [4.78, 5) is 0. The third-order valence-corrected chi connectivity index (χ3v) is 3.96. The molecule has 0 saturated heterocycles. The fraction of sp³-hybridized carbons (Fsp3) is 0.625. The summed E-state index contributed by atoms with van der Waals surface area (Å²) in [7, 11) is 9.13. The Labute approximate surface area is 113 Å². The number of benzene rings is 1. The molecule has 1 aromatic carbocycles. The van der Waals surface area contributed by atoms with Gasteiger partial charge in [0.15, 0.2) is 0 Å². The average molecular weight is 250 g/mol. The van der Waals surface area contributed by atoms with Crippen molar-refractivity contribution >= 4 is 0 Å². The molecule has 0 radical (unpaired) electrons. The molecule has 0 amide bonds. The summed E-state index contributed by atoms with van der Waals surface area (Å²) in [5.41, 5.74) is 2.87. The van der Waals surface area contributed by atoms with E-state index in [4.69, 9.17) is 0 Å². The second-order valence-corrected chi connectivity index (χ2v) is 6.64. The van der Waals surface area contributed by atoms with Crippen LogP contribution in [-0.4, -0.2) is 50.2 Å². The molecule has 0 unspecified atom stereocenters. The molecular weight excluding hydrogens is 220 g/mol. The first kappa shape index (κ1) is 15.2. The highest BCUT2D eigenvalue weighted by molar-refractivity contribution is 5.21. The van der Waals surface area contributed by atoms with Gasteiger partial charge in [-0.25, -0.2) is 0 Å². The van der Waals surface area contributed by atoms with Crippen molar-refractivity contribution in [2.45, 2.75) is 26.9 Å². The fourth-order valence-corrected chi connectivity index (χ4v) is 1.96. The lowest BCUT2D eigenvalue weighted by molar-refractivity contribution is -0.902. The van der Waals surface area contributed by atoms with Gasteiger partial charge in [0.2, 0.25) is 0 Å². The van der Waals surface area contributed by atoms with Gasteiger partial charge in [-0.15, -0.1) is 0 Å². The maximum absolute atomic E-state index is 2.29. The molecule has 0 aliphatic carbocycles. The van der Waals surface area contributed by atoms with Crippen LogP contribution in [0.1, 0.15) is 25.0 Å². The summed E-state index contributed by atoms with van der Waals surface area (Å²) in [6.07, 6.45) is 0. The third kappa shape index (κ3) is 4.79. The second-order valence-electron chi connectivity index (χ2n) is 6.64. The zero-order chi connectivity index (χ0) is 13.8. The minimum atomic E-state index is 1.05. The quantitative estimate of drug-likeness (QED) is 0.681. The first-order chi connectivity index (χ1) is 8.28. The van der Waals surface area contributed by atoms with E-state index in [1.165, 1.54) is 24.2 Å². The minimum absolute atomic E-state index is 1.05. The number of nitrogens with zero attached hydrogens (tertiary/aromatic N) is 2. The molecule has 102 valence electrons. The maximum Gasteiger partial charge on any atom is 0.104 e. The van der Waals surface area contributed by atoms with Crippen LogP contribution in [0.5, 0.6) is 0 Å². The van der Waals surface area contributed by atoms with Crippen LogP contribution in [-0.2, 0) is 13.1 Å². The average Bonchev–Trinajstić information content (AvgIpc) is 2.31. The maximum atomic E-state index is 2.29. The van der Waals surface area contributed by atoms with Crippen molar-refractivity contribution in [3.05, 3.63) is 35.4 Å². The normalized spacial score (nSPS) is 12.8. The van der Waals surface area contributed by atoms with Crippen molar-refractivity contribution < 1.29 is 8.97 Å². The topological polar surface area (TPSA) is 0 Å². The smallest absolute Gasteiger partial charge is 0.104 e. The van der Waals surface area contributed by atoms with Crippen LogP contribution >= 0.6 is 0 Å². The lowest BCUT2D eigenvalue weighted by Crippen LogP contribution is -2.38. The van der Waals surface area contributed by atoms with E-state index in [0.717, 1.165) is 22.1 Å². The number of quaternary nitrogens is 2. The number of rotatable bonds is 6. The highest BCUT2D eigenvalue weighted by Crippen LogP contribution is 2.13. The summed E-state index contributed by atoms with van der Waals surface area (Å²) >= 11 is 0. The Morgan fingerprint density at radius 1 is 0.667 bits per heavy atom. The number of hydrogen-bond donors (Lipinski definition) is 0. The Hall–Kier alpha value is -0.860. The van der Waals surface area contributed by atoms with Crippen LogP contribution < -0.4 is 0 Å². The van der Waals surface area contributed by atoms with Gasteiger partial charge in [-0.2, -0.15) is 0 Å². The first-order valence-corrected chi connectivity index (χ1v) is 7.00. The van der Waals surface area contributed by atoms with Crippen LogP contribution in [0.15, 0.2) is 24.3 Å². The molecule has 0 aliphatic heterocycles. The Bertz CT molecular complexity index is 326. The van der Waals surface area contributed by atoms with Crippen molar-refractivity contribution in [2.24, 2.45) is 0 Å². The largest absolute Gasteiger partial charge is 0.325 e. The molecule has 0 saturated carbocycles. The lowest BCUT2D eigenvalue weighted by Gasteiger charge is -2.29. The summed E-state index contributed by atoms with van der Waals surface area (Å²) in [5.74, 6) is 0. The van der Waals surface area contributed by atoms with Gasteiger partial charge in [-0.1, -0.05) is 24.3 Å². The SMILES string of the molecule is CC[N+](C)(C)Cc1ccc(C[N+](C)(C)CC)cc1. The van der Waals surface area contributed by atoms with Crippen LogP contribution in [0.25, 0.3) is 0 Å². The highest BCUT2D eigenvalue weighted by Gasteiger charge is 2.15. The highest BCUT2D eigenvalue weighted by atomic mass is 15.3. The summed E-state index contributed by atoms with van der Waals surface area (Å²) in [5, 5.41) is 0. The van der Waals surface area contributed by atoms with Gasteiger partial charge in [0.25, 0.3) is 0 Å². The molecule has 1 aromatic rings. The number of hydrogen-bond acceptors (Lipinski definition) is 0. The van der Waals surface area contributed by atoms with Crippen molar-refractivity contribution in [1.82, 2.24) is 0 Å². The molecule has 0 heterocycles. The summed E-state index contributed by atoms with van der Waals surface area (Å²) in [6.45, 7) is 9.06. The van der Waals surface area contributed by atoms with E-state index in [9.17, 15) is 0 Å². The summed E-state index contributed by atoms with van der Waals surface area (Å²) in [6, 6.07) is 9.17. The van der Waals surface area contributed by atoms with E-state index in [0.29, 0.717) is 0 Å². The van der Waals surface area contributed by atoms with Gasteiger partial charge in [0.1, 0.15) is 13.1 Å². The van der Waals surface area contributed by atoms with E-state index in [2.05, 4.69) is 66.3 Å². The zero-order valence-electron chi connectivity index (χ0n) is 13.0. The molecule has 2 nitrogen and oxygen atoms in total. The fourth-order valence-electron chi connectivity index (χ4n) is 1.96. The van der Waals surface area contributed by atoms with Crippen molar-refractivity contribution in [3.8, 4) is 0 Å². The van der Waals surface area contributed by atoms with Gasteiger partial charge in [0.05, 0.1) is 41.3 Å². The standard InChI is InChI=1S/C16H30N2/c1-7-17(3,4)13-15-9-11-16(12-10-15)14-18(5,6)8-2/h9-12H,7-8,13-14H2,1-6H3/q+2. The molecular formula is C16H30N2+2. The molecule has 0 bridgehead atoms. The van der Waals surface area contributed by atoms with Crippen LogP contribution in [0.4, 0.5) is 0 Å². The molecule has 0 fully saturated rings. The van der Waals surface area contributed by atoms with E-state index in [1.807, 2.05) is 0 Å². The molecule has 0 aliphatic rings. The first-order valence-electron chi connectivity index (χ1n) is 7.00. The molecule has 0 spiro atoms. The monoisotopic (exact) mass is 250 g/mol. The molecule has 1 rings (SSSR count). The van der Waals surface area contributed by atoms with Crippen LogP contribution in [0.3, 0.4) is 0 Å². The van der Waals surface area contributed by atoms with Crippen molar-refractivity contribution in [2.75, 3.05) is 41.3 Å². The second kappa shape index (κ2) is 5.85. The van der Waals surface area contributed by atoms with Crippen LogP contribution in [0.2, 0.25) is 0 Å². The van der Waals surface area contributed by atoms with Crippen molar-refractivity contribution in [1.29, 1.82) is 0 Å². The third-order valence-electron chi connectivity index (χ3n) is 3.96. The van der Waals surface area contributed by atoms with Gasteiger partial charge < -0.3 is 8.97 Å². The van der Waals surface area contributed by atoms with E-state index >= 15 is 0 Å². The Kier molecular flexibility index (Phi) is 4.94. The minimum Gasteiger partial charge on any atom is -0.325 e. The van der Waals surface area contributed by atoms with Gasteiger partial charge in [-0.05, 0) is 13.8 Å². The predicted octanol–water partition coefficient (Wildman–Crippen LogP) is 2.88. The molecule has 2 heteroatoms. The van der Waals surface area contributed by atoms with Crippen LogP contribution in [0, 0.1) is 0 Å². The van der Waals surface area contributed by atoms with Gasteiger partial charge in [-0.3, -0.25) is 0 Å². The molecule has 0 atom stereocenters. The Morgan fingerprint density at radius 2 is 0.944 bits per heavy atom. The zero-order valence-corrected chi connectivity index (χ0v) is 13.0. The Balaban J connectivity index is 2.69. The van der Waals surface area contributed by atoms with Crippen molar-refractivity contribution in [3.63, 3.8) is 0 Å². The molecule has 18 heavy (non-hydrogen) atoms. The van der Waals surface area contributed by atoms with Gasteiger partial charge in [0, 0.05) is 11.1 Å². The predicted molar refractivity (Wildman–Crippen MR) is 79.1 cm³/mol. The molecule has 0 aromatic heterocycles. The van der Waals surface area contributed by atoms with Gasteiger partial charge >= 0.3 is 0 Å². The Morgan fingerprint density at radius 3 is 1.17 bits per heavy atom.